The first-order valence-electron chi connectivity index (χ1n) is 12.4. The summed E-state index contributed by atoms with van der Waals surface area (Å²) in [7, 11) is 4.66. The molecule has 200 valence electrons. The van der Waals surface area contributed by atoms with Gasteiger partial charge in [0.05, 0.1) is 33.1 Å². The molecule has 0 aliphatic heterocycles. The maximum Gasteiger partial charge on any atom is 0.242 e. The van der Waals surface area contributed by atoms with E-state index in [4.69, 9.17) is 14.2 Å². The molecular formula is C28H37N3O6. The fourth-order valence-electron chi connectivity index (χ4n) is 4.58. The minimum atomic E-state index is -0.619. The van der Waals surface area contributed by atoms with Crippen LogP contribution in [0.1, 0.15) is 51.3 Å². The second-order valence-corrected chi connectivity index (χ2v) is 9.60. The molecule has 0 fully saturated rings. The van der Waals surface area contributed by atoms with Gasteiger partial charge in [-0.05, 0) is 60.6 Å². The van der Waals surface area contributed by atoms with Crippen molar-refractivity contribution < 1.29 is 23.8 Å². The molecule has 0 saturated carbocycles. The zero-order valence-electron chi connectivity index (χ0n) is 22.6. The molecule has 1 aliphatic rings. The molecule has 2 aromatic carbocycles. The summed E-state index contributed by atoms with van der Waals surface area (Å²) in [6, 6.07) is 5.91. The number of ether oxygens (including phenoxy) is 3. The summed E-state index contributed by atoms with van der Waals surface area (Å²) < 4.78 is 17.0. The molecule has 2 atom stereocenters. The fourth-order valence-corrected chi connectivity index (χ4v) is 4.58. The maximum atomic E-state index is 13.4. The molecule has 9 heteroatoms. The number of fused-ring (bicyclic) bond motifs is 3. The molecule has 0 saturated heterocycles. The van der Waals surface area contributed by atoms with Gasteiger partial charge >= 0.3 is 0 Å². The number of nitrogens with one attached hydrogen (secondary N) is 3. The van der Waals surface area contributed by atoms with Crippen molar-refractivity contribution in [3.05, 3.63) is 45.6 Å². The molecule has 1 aliphatic carbocycles. The van der Waals surface area contributed by atoms with Crippen molar-refractivity contribution in [1.29, 1.82) is 0 Å². The molecule has 0 heterocycles. The van der Waals surface area contributed by atoms with Crippen molar-refractivity contribution in [2.75, 3.05) is 33.2 Å². The Kier molecular flexibility index (Phi) is 9.02. The number of methoxy groups -OCH3 is 3. The summed E-state index contributed by atoms with van der Waals surface area (Å²) in [6.07, 6.45) is 1.18. The summed E-state index contributed by atoms with van der Waals surface area (Å²) in [4.78, 5) is 38.0. The van der Waals surface area contributed by atoms with Gasteiger partial charge in [0, 0.05) is 19.0 Å². The minimum absolute atomic E-state index is 0.193. The van der Waals surface area contributed by atoms with Gasteiger partial charge in [-0.25, -0.2) is 0 Å². The molecule has 9 nitrogen and oxygen atoms in total. The van der Waals surface area contributed by atoms with Crippen LogP contribution in [0.15, 0.2) is 29.1 Å². The predicted octanol–water partition coefficient (Wildman–Crippen LogP) is 3.44. The van der Waals surface area contributed by atoms with E-state index < -0.39 is 12.1 Å². The second kappa shape index (κ2) is 12.0. The third-order valence-corrected chi connectivity index (χ3v) is 6.37. The van der Waals surface area contributed by atoms with Crippen LogP contribution in [-0.2, 0) is 16.0 Å². The average molecular weight is 512 g/mol. The highest BCUT2D eigenvalue weighted by atomic mass is 16.5. The normalized spacial score (nSPS) is 15.0. The number of carbonyl (C=O) groups excluding carboxylic acids is 2. The lowest BCUT2D eigenvalue weighted by Crippen LogP contribution is -2.39. The summed E-state index contributed by atoms with van der Waals surface area (Å²) in [5.41, 5.74) is 3.09. The van der Waals surface area contributed by atoms with Gasteiger partial charge in [-0.2, -0.15) is 0 Å². The van der Waals surface area contributed by atoms with E-state index in [1.165, 1.54) is 13.0 Å². The molecule has 2 aromatic rings. The lowest BCUT2D eigenvalue weighted by molar-refractivity contribution is -0.121. The number of carbonyl (C=O) groups is 2. The van der Waals surface area contributed by atoms with Gasteiger partial charge in [-0.15, -0.1) is 0 Å². The lowest BCUT2D eigenvalue weighted by atomic mass is 9.95. The topological polar surface area (TPSA) is 115 Å². The van der Waals surface area contributed by atoms with Crippen molar-refractivity contribution in [2.24, 2.45) is 5.92 Å². The number of aryl methyl sites for hydroxylation is 1. The Morgan fingerprint density at radius 1 is 1.03 bits per heavy atom. The summed E-state index contributed by atoms with van der Waals surface area (Å²) in [6.45, 7) is 7.74. The molecule has 0 aromatic heterocycles. The van der Waals surface area contributed by atoms with E-state index in [1.54, 1.807) is 34.3 Å². The standard InChI is InChI=1S/C28H37N3O6/c1-15(2)14-29-28(34)16(3)30-22-11-9-19-20(13-23(22)33)21(31-17(4)32)10-8-18-12-24(35-5)26(36-6)27(37-7)25(18)19/h9,11-13,15-16,21H,8,10,14H2,1-7H3,(H,29,34)(H,30,33)(H,31,32)/t16-,21+/m1/s1. The van der Waals surface area contributed by atoms with Gasteiger partial charge in [0.25, 0.3) is 0 Å². The highest BCUT2D eigenvalue weighted by Crippen LogP contribution is 2.50. The van der Waals surface area contributed by atoms with Crippen LogP contribution in [0, 0.1) is 5.92 Å². The first kappa shape index (κ1) is 27.8. The number of rotatable bonds is 9. The van der Waals surface area contributed by atoms with Crippen molar-refractivity contribution in [2.45, 2.75) is 52.6 Å². The zero-order valence-corrected chi connectivity index (χ0v) is 22.6. The maximum absolute atomic E-state index is 13.4. The van der Waals surface area contributed by atoms with Crippen LogP contribution in [0.25, 0.3) is 11.1 Å². The molecular weight excluding hydrogens is 474 g/mol. The van der Waals surface area contributed by atoms with Crippen LogP contribution >= 0.6 is 0 Å². The van der Waals surface area contributed by atoms with E-state index in [9.17, 15) is 14.4 Å². The average Bonchev–Trinajstić information content (AvgIpc) is 3.10. The third kappa shape index (κ3) is 6.15. The van der Waals surface area contributed by atoms with Gasteiger partial charge in [-0.1, -0.05) is 19.9 Å². The first-order chi connectivity index (χ1) is 17.6. The van der Waals surface area contributed by atoms with Gasteiger partial charge in [-0.3, -0.25) is 14.4 Å². The van der Waals surface area contributed by atoms with E-state index in [0.29, 0.717) is 48.1 Å². The summed E-state index contributed by atoms with van der Waals surface area (Å²) in [5, 5.41) is 8.92. The van der Waals surface area contributed by atoms with E-state index in [2.05, 4.69) is 16.0 Å². The van der Waals surface area contributed by atoms with Gasteiger partial charge in [0.1, 0.15) is 6.04 Å². The SMILES string of the molecule is COc1cc2c(c(OC)c1OC)-c1ccc(N[C@H](C)C(=O)NCC(C)C)c(=O)cc1[C@@H](NC(C)=O)CC2. The van der Waals surface area contributed by atoms with Crippen LogP contribution in [-0.4, -0.2) is 45.7 Å². The number of benzene rings is 1. The van der Waals surface area contributed by atoms with Crippen LogP contribution in [0.5, 0.6) is 17.2 Å². The minimum Gasteiger partial charge on any atom is -0.493 e. The Balaban J connectivity index is 2.19. The fraction of sp³-hybridized carbons (Fsp3) is 0.464. The Hall–Kier alpha value is -3.75. The number of anilines is 1. The van der Waals surface area contributed by atoms with Crippen molar-refractivity contribution in [3.8, 4) is 28.4 Å². The van der Waals surface area contributed by atoms with Crippen LogP contribution in [0.2, 0.25) is 0 Å². The highest BCUT2D eigenvalue weighted by Gasteiger charge is 2.29. The van der Waals surface area contributed by atoms with Crippen LogP contribution in [0.3, 0.4) is 0 Å². The molecule has 0 spiro atoms. The van der Waals surface area contributed by atoms with Crippen molar-refractivity contribution in [3.63, 3.8) is 0 Å². The predicted molar refractivity (Wildman–Crippen MR) is 144 cm³/mol. The van der Waals surface area contributed by atoms with Crippen molar-refractivity contribution in [1.82, 2.24) is 10.6 Å². The second-order valence-electron chi connectivity index (χ2n) is 9.60. The molecule has 3 rings (SSSR count). The largest absolute Gasteiger partial charge is 0.493 e. The molecule has 37 heavy (non-hydrogen) atoms. The molecule has 2 amide bonds. The Bertz CT molecular complexity index is 1230. The lowest BCUT2D eigenvalue weighted by Gasteiger charge is -2.19. The summed E-state index contributed by atoms with van der Waals surface area (Å²) in [5.74, 6) is 1.38. The first-order valence-corrected chi connectivity index (χ1v) is 12.4. The smallest absolute Gasteiger partial charge is 0.242 e. The van der Waals surface area contributed by atoms with E-state index in [1.807, 2.05) is 26.0 Å². The third-order valence-electron chi connectivity index (χ3n) is 6.37. The van der Waals surface area contributed by atoms with Crippen molar-refractivity contribution >= 4 is 17.5 Å². The number of hydrogen-bond donors (Lipinski definition) is 3. The highest BCUT2D eigenvalue weighted by molar-refractivity contribution is 5.85. The number of amides is 2. The summed E-state index contributed by atoms with van der Waals surface area (Å²) >= 11 is 0. The van der Waals surface area contributed by atoms with Gasteiger partial charge in [0.15, 0.2) is 11.5 Å². The van der Waals surface area contributed by atoms with Gasteiger partial charge in [0.2, 0.25) is 23.0 Å². The number of hydrogen-bond acceptors (Lipinski definition) is 7. The zero-order chi connectivity index (χ0) is 27.3. The van der Waals surface area contributed by atoms with E-state index in [0.717, 1.165) is 16.7 Å². The van der Waals surface area contributed by atoms with Gasteiger partial charge < -0.3 is 30.2 Å². The molecule has 0 radical (unpaired) electrons. The quantitative estimate of drug-likeness (QED) is 0.472. The monoisotopic (exact) mass is 511 g/mol. The molecule has 0 unspecified atom stereocenters. The Labute approximate surface area is 217 Å². The molecule has 0 bridgehead atoms. The Morgan fingerprint density at radius 3 is 2.32 bits per heavy atom. The van der Waals surface area contributed by atoms with Crippen LogP contribution in [0.4, 0.5) is 5.69 Å². The van der Waals surface area contributed by atoms with Crippen LogP contribution < -0.4 is 35.6 Å². The molecule has 3 N–H and O–H groups in total. The van der Waals surface area contributed by atoms with E-state index >= 15 is 0 Å². The van der Waals surface area contributed by atoms with E-state index in [-0.39, 0.29) is 22.9 Å². The Morgan fingerprint density at radius 2 is 1.73 bits per heavy atom.